The van der Waals surface area contributed by atoms with Gasteiger partial charge in [0, 0.05) is 12.6 Å². The van der Waals surface area contributed by atoms with Crippen LogP contribution in [-0.4, -0.2) is 16.3 Å². The standard InChI is InChI=1S/C12H22N4/c1-8(2)16-12(11(13)9(3)15-16)14-7-6-10-4-5-10/h8,10,14H,4-7,13H2,1-3H3. The highest BCUT2D eigenvalue weighted by atomic mass is 15.4. The first kappa shape index (κ1) is 11.3. The molecule has 16 heavy (non-hydrogen) atoms. The fraction of sp³-hybridized carbons (Fsp3) is 0.750. The fourth-order valence-electron chi connectivity index (χ4n) is 1.91. The summed E-state index contributed by atoms with van der Waals surface area (Å²) in [6, 6.07) is 0.347. The van der Waals surface area contributed by atoms with Crippen molar-refractivity contribution < 1.29 is 0 Å². The number of nitrogens with zero attached hydrogens (tertiary/aromatic N) is 2. The topological polar surface area (TPSA) is 55.9 Å². The lowest BCUT2D eigenvalue weighted by Gasteiger charge is -2.13. The van der Waals surface area contributed by atoms with E-state index in [2.05, 4.69) is 24.3 Å². The third-order valence-electron chi connectivity index (χ3n) is 3.16. The Labute approximate surface area is 97.2 Å². The lowest BCUT2D eigenvalue weighted by atomic mass is 10.3. The summed E-state index contributed by atoms with van der Waals surface area (Å²) in [4.78, 5) is 0. The van der Waals surface area contributed by atoms with Gasteiger partial charge in [-0.25, -0.2) is 4.68 Å². The third kappa shape index (κ3) is 2.31. The van der Waals surface area contributed by atoms with Gasteiger partial charge in [-0.1, -0.05) is 12.8 Å². The van der Waals surface area contributed by atoms with Gasteiger partial charge in [-0.3, -0.25) is 0 Å². The average molecular weight is 222 g/mol. The van der Waals surface area contributed by atoms with E-state index in [-0.39, 0.29) is 0 Å². The van der Waals surface area contributed by atoms with Gasteiger partial charge in [0.15, 0.2) is 0 Å². The highest BCUT2D eigenvalue weighted by Gasteiger charge is 2.21. The van der Waals surface area contributed by atoms with Crippen molar-refractivity contribution in [2.45, 2.75) is 46.1 Å². The quantitative estimate of drug-likeness (QED) is 0.805. The van der Waals surface area contributed by atoms with E-state index in [1.54, 1.807) is 0 Å². The van der Waals surface area contributed by atoms with Crippen LogP contribution in [0.1, 0.15) is 44.8 Å². The molecular weight excluding hydrogens is 200 g/mol. The Balaban J connectivity index is 2.04. The molecule has 0 unspecified atom stereocenters. The molecule has 90 valence electrons. The van der Waals surface area contributed by atoms with E-state index in [4.69, 9.17) is 5.73 Å². The van der Waals surface area contributed by atoms with Crippen LogP contribution >= 0.6 is 0 Å². The Kier molecular flexibility index (Phi) is 3.08. The molecule has 0 spiro atoms. The highest BCUT2D eigenvalue weighted by Crippen LogP contribution is 2.32. The molecule has 0 atom stereocenters. The van der Waals surface area contributed by atoms with Crippen molar-refractivity contribution in [2.24, 2.45) is 5.92 Å². The van der Waals surface area contributed by atoms with Crippen molar-refractivity contribution in [3.05, 3.63) is 5.69 Å². The van der Waals surface area contributed by atoms with Crippen molar-refractivity contribution in [2.75, 3.05) is 17.6 Å². The van der Waals surface area contributed by atoms with E-state index in [1.165, 1.54) is 19.3 Å². The zero-order valence-electron chi connectivity index (χ0n) is 10.5. The number of rotatable bonds is 5. The smallest absolute Gasteiger partial charge is 0.148 e. The molecule has 1 aliphatic rings. The Bertz CT molecular complexity index is 363. The SMILES string of the molecule is Cc1nn(C(C)C)c(NCCC2CC2)c1N. The molecule has 0 amide bonds. The van der Waals surface area contributed by atoms with Gasteiger partial charge in [0.2, 0.25) is 0 Å². The van der Waals surface area contributed by atoms with Crippen LogP contribution in [0.25, 0.3) is 0 Å². The van der Waals surface area contributed by atoms with Gasteiger partial charge in [0.05, 0.1) is 11.4 Å². The second kappa shape index (κ2) is 4.36. The second-order valence-electron chi connectivity index (χ2n) is 5.04. The Morgan fingerprint density at radius 2 is 2.19 bits per heavy atom. The highest BCUT2D eigenvalue weighted by molar-refractivity contribution is 5.64. The van der Waals surface area contributed by atoms with Crippen LogP contribution in [0.3, 0.4) is 0 Å². The minimum absolute atomic E-state index is 0.347. The lowest BCUT2D eigenvalue weighted by molar-refractivity contribution is 0.533. The fourth-order valence-corrected chi connectivity index (χ4v) is 1.91. The van der Waals surface area contributed by atoms with E-state index < -0.39 is 0 Å². The van der Waals surface area contributed by atoms with E-state index >= 15 is 0 Å². The largest absolute Gasteiger partial charge is 0.394 e. The number of nitrogens with two attached hydrogens (primary N) is 1. The molecule has 3 N–H and O–H groups in total. The molecule has 0 aromatic carbocycles. The number of aromatic nitrogens is 2. The molecule has 0 saturated heterocycles. The molecule has 0 aliphatic heterocycles. The zero-order chi connectivity index (χ0) is 11.7. The van der Waals surface area contributed by atoms with Crippen LogP contribution in [0.4, 0.5) is 11.5 Å². The Morgan fingerprint density at radius 1 is 1.50 bits per heavy atom. The molecule has 1 saturated carbocycles. The number of nitrogen functional groups attached to an aromatic ring is 1. The van der Waals surface area contributed by atoms with Crippen LogP contribution < -0.4 is 11.1 Å². The van der Waals surface area contributed by atoms with Gasteiger partial charge in [-0.05, 0) is 33.1 Å². The Hall–Kier alpha value is -1.19. The normalized spacial score (nSPS) is 15.8. The van der Waals surface area contributed by atoms with Gasteiger partial charge in [0.1, 0.15) is 5.82 Å². The first-order valence-corrected chi connectivity index (χ1v) is 6.18. The number of nitrogens with one attached hydrogen (secondary N) is 1. The monoisotopic (exact) mass is 222 g/mol. The van der Waals surface area contributed by atoms with Crippen LogP contribution in [0.2, 0.25) is 0 Å². The number of hydrogen-bond donors (Lipinski definition) is 2. The molecule has 4 heteroatoms. The Morgan fingerprint density at radius 3 is 2.75 bits per heavy atom. The lowest BCUT2D eigenvalue weighted by Crippen LogP contribution is -2.12. The molecule has 2 rings (SSSR count). The predicted octanol–water partition coefficient (Wildman–Crippen LogP) is 2.57. The van der Waals surface area contributed by atoms with Gasteiger partial charge in [-0.15, -0.1) is 0 Å². The summed E-state index contributed by atoms with van der Waals surface area (Å²) < 4.78 is 1.98. The molecular formula is C12H22N4. The van der Waals surface area contributed by atoms with Crippen molar-refractivity contribution >= 4 is 11.5 Å². The van der Waals surface area contributed by atoms with Gasteiger partial charge in [-0.2, -0.15) is 5.10 Å². The summed E-state index contributed by atoms with van der Waals surface area (Å²) in [5, 5.41) is 7.88. The zero-order valence-corrected chi connectivity index (χ0v) is 10.5. The molecule has 1 heterocycles. The van der Waals surface area contributed by atoms with E-state index in [1.807, 2.05) is 11.6 Å². The van der Waals surface area contributed by atoms with E-state index in [0.717, 1.165) is 29.7 Å². The molecule has 1 aromatic rings. The first-order valence-electron chi connectivity index (χ1n) is 6.18. The van der Waals surface area contributed by atoms with E-state index in [9.17, 15) is 0 Å². The van der Waals surface area contributed by atoms with E-state index in [0.29, 0.717) is 6.04 Å². The van der Waals surface area contributed by atoms with Crippen LogP contribution in [0.5, 0.6) is 0 Å². The molecule has 1 aromatic heterocycles. The van der Waals surface area contributed by atoms with Gasteiger partial charge < -0.3 is 11.1 Å². The first-order chi connectivity index (χ1) is 7.59. The van der Waals surface area contributed by atoms with Crippen LogP contribution in [0.15, 0.2) is 0 Å². The summed E-state index contributed by atoms with van der Waals surface area (Å²) in [5.41, 5.74) is 7.74. The predicted molar refractivity (Wildman–Crippen MR) is 67.6 cm³/mol. The maximum absolute atomic E-state index is 6.03. The van der Waals surface area contributed by atoms with Crippen molar-refractivity contribution in [1.82, 2.24) is 9.78 Å². The minimum atomic E-state index is 0.347. The molecule has 0 bridgehead atoms. The molecule has 1 fully saturated rings. The van der Waals surface area contributed by atoms with Crippen molar-refractivity contribution in [1.29, 1.82) is 0 Å². The number of aryl methyl sites for hydroxylation is 1. The summed E-state index contributed by atoms with van der Waals surface area (Å²) in [6.07, 6.45) is 4.06. The summed E-state index contributed by atoms with van der Waals surface area (Å²) in [5.74, 6) is 1.94. The average Bonchev–Trinajstić information content (AvgIpc) is 2.99. The maximum Gasteiger partial charge on any atom is 0.148 e. The van der Waals surface area contributed by atoms with Gasteiger partial charge in [0.25, 0.3) is 0 Å². The molecule has 1 aliphatic carbocycles. The minimum Gasteiger partial charge on any atom is -0.394 e. The summed E-state index contributed by atoms with van der Waals surface area (Å²) in [7, 11) is 0. The summed E-state index contributed by atoms with van der Waals surface area (Å²) >= 11 is 0. The van der Waals surface area contributed by atoms with Crippen molar-refractivity contribution in [3.8, 4) is 0 Å². The van der Waals surface area contributed by atoms with Gasteiger partial charge >= 0.3 is 0 Å². The van der Waals surface area contributed by atoms with Crippen LogP contribution in [0, 0.1) is 12.8 Å². The van der Waals surface area contributed by atoms with Crippen molar-refractivity contribution in [3.63, 3.8) is 0 Å². The van der Waals surface area contributed by atoms with Crippen LogP contribution in [-0.2, 0) is 0 Å². The second-order valence-corrected chi connectivity index (χ2v) is 5.04. The maximum atomic E-state index is 6.03. The number of hydrogen-bond acceptors (Lipinski definition) is 3. The third-order valence-corrected chi connectivity index (χ3v) is 3.16. The summed E-state index contributed by atoms with van der Waals surface area (Å²) in [6.45, 7) is 7.21. The number of anilines is 2. The molecule has 4 nitrogen and oxygen atoms in total. The molecule has 0 radical (unpaired) electrons.